The van der Waals surface area contributed by atoms with Crippen molar-refractivity contribution in [1.82, 2.24) is 0 Å². The molecule has 1 amide bonds. The average Bonchev–Trinajstić information content (AvgIpc) is 2.62. The van der Waals surface area contributed by atoms with Crippen LogP contribution in [0.1, 0.15) is 11.1 Å². The van der Waals surface area contributed by atoms with E-state index in [1.54, 1.807) is 19.9 Å². The molecular weight excluding hydrogens is 364 g/mol. The Balaban J connectivity index is 1.73. The number of anilines is 1. The van der Waals surface area contributed by atoms with Crippen molar-refractivity contribution < 1.29 is 17.9 Å². The summed E-state index contributed by atoms with van der Waals surface area (Å²) >= 11 is 0. The Hall–Kier alpha value is -2.90. The van der Waals surface area contributed by atoms with Crippen LogP contribution in [0.2, 0.25) is 0 Å². The molecule has 0 unspecified atom stereocenters. The number of hydrogen-bond donors (Lipinski definition) is 2. The van der Waals surface area contributed by atoms with Crippen LogP contribution in [-0.2, 0) is 14.8 Å². The van der Waals surface area contributed by atoms with E-state index in [9.17, 15) is 13.2 Å². The van der Waals surface area contributed by atoms with Gasteiger partial charge in [-0.2, -0.15) is 0 Å². The molecule has 0 spiro atoms. The van der Waals surface area contributed by atoms with E-state index in [0.717, 1.165) is 16.3 Å². The van der Waals surface area contributed by atoms with Crippen LogP contribution in [0.15, 0.2) is 59.5 Å². The maximum absolute atomic E-state index is 12.3. The number of rotatable bonds is 5. The average molecular weight is 384 g/mol. The molecular formula is C20H20N2O4S. The molecule has 27 heavy (non-hydrogen) atoms. The minimum atomic E-state index is -3.86. The summed E-state index contributed by atoms with van der Waals surface area (Å²) in [6.45, 7) is 3.35. The van der Waals surface area contributed by atoms with E-state index >= 15 is 0 Å². The van der Waals surface area contributed by atoms with Crippen LogP contribution >= 0.6 is 0 Å². The van der Waals surface area contributed by atoms with Crippen LogP contribution in [0.3, 0.4) is 0 Å². The summed E-state index contributed by atoms with van der Waals surface area (Å²) in [5.41, 5.74) is 1.87. The number of fused-ring (bicyclic) bond motifs is 1. The van der Waals surface area contributed by atoms with Gasteiger partial charge in [0.25, 0.3) is 5.91 Å². The second-order valence-corrected chi connectivity index (χ2v) is 7.86. The number of hydrogen-bond acceptors (Lipinski definition) is 4. The summed E-state index contributed by atoms with van der Waals surface area (Å²) in [6, 6.07) is 16.3. The lowest BCUT2D eigenvalue weighted by molar-refractivity contribution is -0.118. The standard InChI is InChI=1S/C20H20N2O4S/c1-13-9-18(27(21,24)25)11-19(14(13)2)22-20(23)12-26-17-8-7-15-5-3-4-6-16(15)10-17/h3-11H,12H2,1-2H3,(H,22,23)(H2,21,24,25). The van der Waals surface area contributed by atoms with Gasteiger partial charge in [0.2, 0.25) is 10.0 Å². The van der Waals surface area contributed by atoms with E-state index in [0.29, 0.717) is 17.0 Å². The topological polar surface area (TPSA) is 98.5 Å². The normalized spacial score (nSPS) is 11.4. The third kappa shape index (κ3) is 4.45. The van der Waals surface area contributed by atoms with Crippen LogP contribution in [0.25, 0.3) is 10.8 Å². The number of carbonyl (C=O) groups is 1. The van der Waals surface area contributed by atoms with E-state index in [2.05, 4.69) is 5.32 Å². The van der Waals surface area contributed by atoms with Gasteiger partial charge < -0.3 is 10.1 Å². The first kappa shape index (κ1) is 18.9. The Kier molecular flexibility index (Phi) is 5.16. The quantitative estimate of drug-likeness (QED) is 0.706. The Morgan fingerprint density at radius 1 is 1.04 bits per heavy atom. The summed E-state index contributed by atoms with van der Waals surface area (Å²) in [5, 5.41) is 9.98. The minimum absolute atomic E-state index is 0.0450. The van der Waals surface area contributed by atoms with Gasteiger partial charge in [0.15, 0.2) is 6.61 Å². The maximum Gasteiger partial charge on any atom is 0.262 e. The molecule has 7 heteroatoms. The number of sulfonamides is 1. The third-order valence-electron chi connectivity index (χ3n) is 4.33. The second-order valence-electron chi connectivity index (χ2n) is 6.30. The number of nitrogens with one attached hydrogen (secondary N) is 1. The molecule has 0 heterocycles. The van der Waals surface area contributed by atoms with E-state index < -0.39 is 15.9 Å². The van der Waals surface area contributed by atoms with Crippen LogP contribution in [0.5, 0.6) is 5.75 Å². The number of aryl methyl sites for hydroxylation is 1. The SMILES string of the molecule is Cc1cc(S(N)(=O)=O)cc(NC(=O)COc2ccc3ccccc3c2)c1C. The monoisotopic (exact) mass is 384 g/mol. The fourth-order valence-electron chi connectivity index (χ4n) is 2.71. The Morgan fingerprint density at radius 2 is 1.74 bits per heavy atom. The van der Waals surface area contributed by atoms with Gasteiger partial charge in [0.1, 0.15) is 5.75 Å². The van der Waals surface area contributed by atoms with Crippen LogP contribution in [-0.4, -0.2) is 20.9 Å². The largest absolute Gasteiger partial charge is 0.484 e. The fourth-order valence-corrected chi connectivity index (χ4v) is 3.34. The molecule has 0 aromatic heterocycles. The van der Waals surface area contributed by atoms with Gasteiger partial charge >= 0.3 is 0 Å². The molecule has 140 valence electrons. The van der Waals surface area contributed by atoms with Gasteiger partial charge in [-0.1, -0.05) is 30.3 Å². The van der Waals surface area contributed by atoms with Gasteiger partial charge in [-0.25, -0.2) is 13.6 Å². The molecule has 0 aliphatic carbocycles. The highest BCUT2D eigenvalue weighted by atomic mass is 32.2. The Morgan fingerprint density at radius 3 is 2.44 bits per heavy atom. The lowest BCUT2D eigenvalue weighted by atomic mass is 10.1. The first-order valence-corrected chi connectivity index (χ1v) is 9.84. The van der Waals surface area contributed by atoms with Crippen molar-refractivity contribution in [2.45, 2.75) is 18.7 Å². The van der Waals surface area contributed by atoms with Gasteiger partial charge in [-0.3, -0.25) is 4.79 Å². The van der Waals surface area contributed by atoms with Crippen molar-refractivity contribution >= 4 is 32.4 Å². The Labute approximate surface area is 158 Å². The highest BCUT2D eigenvalue weighted by molar-refractivity contribution is 7.89. The highest BCUT2D eigenvalue weighted by Gasteiger charge is 2.14. The number of nitrogens with two attached hydrogens (primary N) is 1. The number of benzene rings is 3. The number of carbonyl (C=O) groups excluding carboxylic acids is 1. The van der Waals surface area contributed by atoms with Crippen molar-refractivity contribution in [3.63, 3.8) is 0 Å². The molecule has 0 saturated carbocycles. The van der Waals surface area contributed by atoms with Gasteiger partial charge in [0, 0.05) is 5.69 Å². The lowest BCUT2D eigenvalue weighted by Crippen LogP contribution is -2.21. The van der Waals surface area contributed by atoms with E-state index in [1.165, 1.54) is 12.1 Å². The molecule has 3 aromatic rings. The predicted octanol–water partition coefficient (Wildman–Crippen LogP) is 3.12. The van der Waals surface area contributed by atoms with Crippen molar-refractivity contribution in [3.05, 3.63) is 65.7 Å². The lowest BCUT2D eigenvalue weighted by Gasteiger charge is -2.13. The smallest absolute Gasteiger partial charge is 0.262 e. The van der Waals surface area contributed by atoms with Gasteiger partial charge in [-0.15, -0.1) is 0 Å². The molecule has 3 aromatic carbocycles. The molecule has 3 rings (SSSR count). The van der Waals surface area contributed by atoms with E-state index in [-0.39, 0.29) is 11.5 Å². The molecule has 0 aliphatic rings. The molecule has 3 N–H and O–H groups in total. The van der Waals surface area contributed by atoms with Crippen LogP contribution in [0, 0.1) is 13.8 Å². The first-order valence-electron chi connectivity index (χ1n) is 8.29. The zero-order valence-electron chi connectivity index (χ0n) is 15.0. The minimum Gasteiger partial charge on any atom is -0.484 e. The predicted molar refractivity (Wildman–Crippen MR) is 105 cm³/mol. The van der Waals surface area contributed by atoms with Crippen molar-refractivity contribution in [3.8, 4) is 5.75 Å². The molecule has 0 atom stereocenters. The number of amides is 1. The molecule has 0 aliphatic heterocycles. The molecule has 0 bridgehead atoms. The second kappa shape index (κ2) is 7.38. The summed E-state index contributed by atoms with van der Waals surface area (Å²) in [6.07, 6.45) is 0. The fraction of sp³-hybridized carbons (Fsp3) is 0.150. The molecule has 0 fully saturated rings. The summed E-state index contributed by atoms with van der Waals surface area (Å²) in [7, 11) is -3.86. The number of ether oxygens (including phenoxy) is 1. The summed E-state index contributed by atoms with van der Waals surface area (Å²) in [5.74, 6) is 0.187. The van der Waals surface area contributed by atoms with E-state index in [4.69, 9.17) is 9.88 Å². The van der Waals surface area contributed by atoms with Crippen molar-refractivity contribution in [2.24, 2.45) is 5.14 Å². The van der Waals surface area contributed by atoms with Crippen molar-refractivity contribution in [1.29, 1.82) is 0 Å². The highest BCUT2D eigenvalue weighted by Crippen LogP contribution is 2.24. The van der Waals surface area contributed by atoms with Gasteiger partial charge in [-0.05, 0) is 60.0 Å². The van der Waals surface area contributed by atoms with Crippen molar-refractivity contribution in [2.75, 3.05) is 11.9 Å². The summed E-state index contributed by atoms with van der Waals surface area (Å²) < 4.78 is 28.7. The van der Waals surface area contributed by atoms with Crippen LogP contribution in [0.4, 0.5) is 5.69 Å². The van der Waals surface area contributed by atoms with Gasteiger partial charge in [0.05, 0.1) is 4.90 Å². The Bertz CT molecular complexity index is 1120. The zero-order chi connectivity index (χ0) is 19.6. The first-order chi connectivity index (χ1) is 12.7. The zero-order valence-corrected chi connectivity index (χ0v) is 15.8. The molecule has 0 radical (unpaired) electrons. The molecule has 0 saturated heterocycles. The van der Waals surface area contributed by atoms with E-state index in [1.807, 2.05) is 36.4 Å². The molecule has 6 nitrogen and oxygen atoms in total. The number of primary sulfonamides is 1. The van der Waals surface area contributed by atoms with Crippen LogP contribution < -0.4 is 15.2 Å². The maximum atomic E-state index is 12.3. The third-order valence-corrected chi connectivity index (χ3v) is 5.23. The summed E-state index contributed by atoms with van der Waals surface area (Å²) in [4.78, 5) is 12.2.